The fourth-order valence-corrected chi connectivity index (χ4v) is 2.03. The van der Waals surface area contributed by atoms with Gasteiger partial charge in [-0.15, -0.1) is 0 Å². The monoisotopic (exact) mass is 336 g/mol. The van der Waals surface area contributed by atoms with Crippen LogP contribution in [0.5, 0.6) is 0 Å². The Hall–Kier alpha value is -2.15. The minimum absolute atomic E-state index is 0.0600. The molecule has 0 radical (unpaired) electrons. The van der Waals surface area contributed by atoms with E-state index in [0.29, 0.717) is 12.4 Å². The van der Waals surface area contributed by atoms with E-state index in [1.807, 2.05) is 36.2 Å². The van der Waals surface area contributed by atoms with Gasteiger partial charge in [-0.3, -0.25) is 10.1 Å². The average Bonchev–Trinajstić information content (AvgIpc) is 2.40. The first kappa shape index (κ1) is 14.3. The van der Waals surface area contributed by atoms with Gasteiger partial charge in [-0.05, 0) is 17.7 Å². The van der Waals surface area contributed by atoms with E-state index < -0.39 is 4.92 Å². The van der Waals surface area contributed by atoms with Crippen molar-refractivity contribution < 1.29 is 4.92 Å². The molecule has 0 saturated heterocycles. The van der Waals surface area contributed by atoms with E-state index in [1.54, 1.807) is 0 Å². The Labute approximate surface area is 124 Å². The van der Waals surface area contributed by atoms with Gasteiger partial charge < -0.3 is 10.6 Å². The van der Waals surface area contributed by atoms with Crippen LogP contribution in [-0.2, 0) is 6.54 Å². The number of nitrogens with zero attached hydrogens (tertiary/aromatic N) is 3. The Kier molecular flexibility index (Phi) is 4.19. The Morgan fingerprint density at radius 3 is 2.60 bits per heavy atom. The van der Waals surface area contributed by atoms with Crippen LogP contribution in [0.25, 0.3) is 0 Å². The summed E-state index contributed by atoms with van der Waals surface area (Å²) in [4.78, 5) is 16.3. The quantitative estimate of drug-likeness (QED) is 0.685. The molecule has 0 amide bonds. The molecule has 0 bridgehead atoms. The van der Waals surface area contributed by atoms with Crippen molar-refractivity contribution in [2.75, 3.05) is 17.7 Å². The topological polar surface area (TPSA) is 85.3 Å². The zero-order chi connectivity index (χ0) is 14.7. The van der Waals surface area contributed by atoms with Crippen molar-refractivity contribution in [3.05, 3.63) is 56.5 Å². The molecule has 0 atom stereocenters. The molecule has 1 aromatic carbocycles. The molecule has 7 heteroatoms. The minimum atomic E-state index is -0.477. The molecule has 104 valence electrons. The molecule has 1 heterocycles. The number of aromatic nitrogens is 1. The van der Waals surface area contributed by atoms with Crippen molar-refractivity contribution in [2.45, 2.75) is 6.54 Å². The molecule has 2 N–H and O–H groups in total. The van der Waals surface area contributed by atoms with Gasteiger partial charge in [-0.2, -0.15) is 0 Å². The lowest BCUT2D eigenvalue weighted by Crippen LogP contribution is -2.18. The number of hydrogen-bond donors (Lipinski definition) is 1. The van der Waals surface area contributed by atoms with Crippen LogP contribution in [0.2, 0.25) is 0 Å². The highest BCUT2D eigenvalue weighted by Gasteiger charge is 2.12. The fourth-order valence-electron chi connectivity index (χ4n) is 1.77. The number of nitrogen functional groups attached to an aromatic ring is 1. The summed E-state index contributed by atoms with van der Waals surface area (Å²) in [5.41, 5.74) is 6.61. The van der Waals surface area contributed by atoms with E-state index in [4.69, 9.17) is 5.73 Å². The maximum absolute atomic E-state index is 10.8. The summed E-state index contributed by atoms with van der Waals surface area (Å²) in [7, 11) is 1.81. The number of nitro groups is 1. The number of halogens is 1. The van der Waals surface area contributed by atoms with Crippen molar-refractivity contribution in [3.8, 4) is 0 Å². The lowest BCUT2D eigenvalue weighted by molar-refractivity contribution is -0.384. The number of hydrogen-bond acceptors (Lipinski definition) is 5. The first-order chi connectivity index (χ1) is 9.45. The van der Waals surface area contributed by atoms with Crippen molar-refractivity contribution in [3.63, 3.8) is 0 Å². The third-order valence-electron chi connectivity index (χ3n) is 2.75. The Balaban J connectivity index is 2.22. The molecule has 0 aliphatic carbocycles. The van der Waals surface area contributed by atoms with Gasteiger partial charge in [0.05, 0.1) is 17.1 Å². The summed E-state index contributed by atoms with van der Waals surface area (Å²) in [6, 6.07) is 10.5. The highest BCUT2D eigenvalue weighted by molar-refractivity contribution is 9.10. The molecule has 20 heavy (non-hydrogen) atoms. The van der Waals surface area contributed by atoms with Crippen molar-refractivity contribution in [1.82, 2.24) is 4.98 Å². The van der Waals surface area contributed by atoms with Crippen LogP contribution >= 0.6 is 15.9 Å². The van der Waals surface area contributed by atoms with Crippen LogP contribution < -0.4 is 10.6 Å². The smallest absolute Gasteiger partial charge is 0.276 e. The van der Waals surface area contributed by atoms with Gasteiger partial charge in [0.1, 0.15) is 11.6 Å². The standard InChI is InChI=1S/C13H13BrN4O2/c1-17(8-9-2-4-10(14)5-3-9)13-7-11(18(19)20)6-12(15)16-13/h2-7H,8H2,1H3,(H2,15,16). The molecule has 0 aliphatic heterocycles. The zero-order valence-electron chi connectivity index (χ0n) is 10.8. The number of benzene rings is 1. The van der Waals surface area contributed by atoms with Crippen molar-refractivity contribution >= 4 is 33.3 Å². The molecule has 0 unspecified atom stereocenters. The summed E-state index contributed by atoms with van der Waals surface area (Å²) in [6.45, 7) is 0.584. The SMILES string of the molecule is CN(Cc1ccc(Br)cc1)c1cc([N+](=O)[O-])cc(N)n1. The van der Waals surface area contributed by atoms with E-state index in [1.165, 1.54) is 12.1 Å². The van der Waals surface area contributed by atoms with Gasteiger partial charge in [0.25, 0.3) is 5.69 Å². The van der Waals surface area contributed by atoms with Crippen LogP contribution in [0.1, 0.15) is 5.56 Å². The molecule has 1 aromatic heterocycles. The molecule has 0 spiro atoms. The van der Waals surface area contributed by atoms with E-state index >= 15 is 0 Å². The maximum atomic E-state index is 10.8. The van der Waals surface area contributed by atoms with Crippen molar-refractivity contribution in [2.24, 2.45) is 0 Å². The van der Waals surface area contributed by atoms with Gasteiger partial charge in [-0.25, -0.2) is 4.98 Å². The second kappa shape index (κ2) is 5.87. The fraction of sp³-hybridized carbons (Fsp3) is 0.154. The lowest BCUT2D eigenvalue weighted by atomic mass is 10.2. The molecule has 6 nitrogen and oxygen atoms in total. The normalized spacial score (nSPS) is 10.3. The molecule has 0 aliphatic rings. The second-order valence-electron chi connectivity index (χ2n) is 4.35. The van der Waals surface area contributed by atoms with Crippen molar-refractivity contribution in [1.29, 1.82) is 0 Å². The van der Waals surface area contributed by atoms with E-state index in [-0.39, 0.29) is 11.5 Å². The zero-order valence-corrected chi connectivity index (χ0v) is 12.4. The molecule has 2 rings (SSSR count). The van der Waals surface area contributed by atoms with Gasteiger partial charge in [0.2, 0.25) is 0 Å². The third-order valence-corrected chi connectivity index (χ3v) is 3.28. The maximum Gasteiger partial charge on any atom is 0.276 e. The first-order valence-corrected chi connectivity index (χ1v) is 6.62. The highest BCUT2D eigenvalue weighted by atomic mass is 79.9. The lowest BCUT2D eigenvalue weighted by Gasteiger charge is -2.18. The predicted molar refractivity (Wildman–Crippen MR) is 81.6 cm³/mol. The second-order valence-corrected chi connectivity index (χ2v) is 5.26. The molecule has 0 saturated carbocycles. The molecular formula is C13H13BrN4O2. The van der Waals surface area contributed by atoms with Gasteiger partial charge >= 0.3 is 0 Å². The van der Waals surface area contributed by atoms with Gasteiger partial charge in [-0.1, -0.05) is 28.1 Å². The van der Waals surface area contributed by atoms with E-state index in [0.717, 1.165) is 10.0 Å². The number of pyridine rings is 1. The van der Waals surface area contributed by atoms with Gasteiger partial charge in [0.15, 0.2) is 0 Å². The van der Waals surface area contributed by atoms with Crippen LogP contribution in [0.4, 0.5) is 17.3 Å². The van der Waals surface area contributed by atoms with Gasteiger partial charge in [0, 0.05) is 18.1 Å². The number of anilines is 2. The summed E-state index contributed by atoms with van der Waals surface area (Å²) in [5, 5.41) is 10.8. The van der Waals surface area contributed by atoms with Crippen LogP contribution in [-0.4, -0.2) is 17.0 Å². The molecular weight excluding hydrogens is 324 g/mol. The Bertz CT molecular complexity index is 631. The largest absolute Gasteiger partial charge is 0.383 e. The summed E-state index contributed by atoms with van der Waals surface area (Å²) in [5.74, 6) is 0.608. The average molecular weight is 337 g/mol. The highest BCUT2D eigenvalue weighted by Crippen LogP contribution is 2.22. The Morgan fingerprint density at radius 1 is 1.35 bits per heavy atom. The number of nitrogens with two attached hydrogens (primary N) is 1. The molecule has 2 aromatic rings. The summed E-state index contributed by atoms with van der Waals surface area (Å²) >= 11 is 3.37. The van der Waals surface area contributed by atoms with Crippen LogP contribution in [0.3, 0.4) is 0 Å². The summed E-state index contributed by atoms with van der Waals surface area (Å²) in [6.07, 6.45) is 0. The number of rotatable bonds is 4. The Morgan fingerprint density at radius 2 is 2.00 bits per heavy atom. The van der Waals surface area contributed by atoms with E-state index in [9.17, 15) is 10.1 Å². The predicted octanol–water partition coefficient (Wildman–Crippen LogP) is 2.97. The van der Waals surface area contributed by atoms with Crippen LogP contribution in [0, 0.1) is 10.1 Å². The van der Waals surface area contributed by atoms with Crippen LogP contribution in [0.15, 0.2) is 40.9 Å². The van der Waals surface area contributed by atoms with E-state index in [2.05, 4.69) is 20.9 Å². The molecule has 0 fully saturated rings. The third kappa shape index (κ3) is 3.45. The summed E-state index contributed by atoms with van der Waals surface area (Å²) < 4.78 is 1.00. The first-order valence-electron chi connectivity index (χ1n) is 5.83. The minimum Gasteiger partial charge on any atom is -0.383 e.